The first-order valence-electron chi connectivity index (χ1n) is 15.2. The van der Waals surface area contributed by atoms with Crippen molar-refractivity contribution in [2.75, 3.05) is 42.7 Å². The zero-order chi connectivity index (χ0) is 34.4. The van der Waals surface area contributed by atoms with Crippen LogP contribution in [0.1, 0.15) is 0 Å². The van der Waals surface area contributed by atoms with Crippen molar-refractivity contribution < 1.29 is 46.9 Å². The second-order valence-electron chi connectivity index (χ2n) is 11.2. The number of hydrogen-bond donors (Lipinski definition) is 1. The molecule has 250 valence electrons. The normalized spacial score (nSPS) is 13.0. The summed E-state index contributed by atoms with van der Waals surface area (Å²) in [4.78, 5) is 11.6. The Kier molecular flexibility index (Phi) is 8.14. The third kappa shape index (κ3) is 5.30. The summed E-state index contributed by atoms with van der Waals surface area (Å²) in [5.74, 6) is 2.85. The van der Waals surface area contributed by atoms with Gasteiger partial charge in [-0.2, -0.15) is 0 Å². The molecule has 11 heteroatoms. The van der Waals surface area contributed by atoms with E-state index in [0.717, 1.165) is 21.5 Å². The molecule has 0 saturated carbocycles. The molecule has 1 heterocycles. The largest absolute Gasteiger partial charge is 0.584 e. The van der Waals surface area contributed by atoms with Crippen molar-refractivity contribution in [1.29, 1.82) is 0 Å². The van der Waals surface area contributed by atoms with Gasteiger partial charge in [0.1, 0.15) is 46.0 Å². The smallest absolute Gasteiger partial charge is 0.496 e. The maximum atomic E-state index is 14.2. The van der Waals surface area contributed by atoms with E-state index < -0.39 is 7.82 Å². The lowest BCUT2D eigenvalue weighted by molar-refractivity contribution is 0.295. The minimum Gasteiger partial charge on any atom is -0.496 e. The third-order valence-corrected chi connectivity index (χ3v) is 9.46. The van der Waals surface area contributed by atoms with Gasteiger partial charge in [0.15, 0.2) is 0 Å². The van der Waals surface area contributed by atoms with Gasteiger partial charge in [-0.3, -0.25) is 4.89 Å². The molecule has 6 aromatic carbocycles. The van der Waals surface area contributed by atoms with Gasteiger partial charge in [-0.25, -0.2) is 4.57 Å². The molecule has 0 unspecified atom stereocenters. The molecule has 0 amide bonds. The highest BCUT2D eigenvalue weighted by Crippen LogP contribution is 2.63. The Hall–Kier alpha value is -5.57. The maximum Gasteiger partial charge on any atom is 0.584 e. The van der Waals surface area contributed by atoms with Crippen molar-refractivity contribution in [3.05, 3.63) is 84.9 Å². The highest BCUT2D eigenvalue weighted by Gasteiger charge is 2.39. The number of rotatable bonds is 8. The topological polar surface area (TPSA) is 111 Å². The molecule has 1 N–H and O–H groups in total. The molecular weight excluding hydrogens is 647 g/mol. The molecule has 0 fully saturated rings. The summed E-state index contributed by atoms with van der Waals surface area (Å²) in [5.41, 5.74) is 2.97. The summed E-state index contributed by atoms with van der Waals surface area (Å²) in [5, 5.41) is 3.18. The number of phosphoric acid groups is 1. The van der Waals surface area contributed by atoms with E-state index in [2.05, 4.69) is 0 Å². The first-order valence-corrected chi connectivity index (χ1v) is 16.7. The van der Waals surface area contributed by atoms with Gasteiger partial charge in [0.2, 0.25) is 0 Å². The van der Waals surface area contributed by atoms with Gasteiger partial charge in [0, 0.05) is 46.5 Å². The fraction of sp³-hybridized carbons (Fsp3) is 0.158. The molecule has 0 aromatic heterocycles. The van der Waals surface area contributed by atoms with Crippen LogP contribution in [0.3, 0.4) is 0 Å². The lowest BCUT2D eigenvalue weighted by atomic mass is 9.86. The maximum absolute atomic E-state index is 14.2. The summed E-state index contributed by atoms with van der Waals surface area (Å²) >= 11 is 0. The molecule has 0 atom stereocenters. The van der Waals surface area contributed by atoms with Gasteiger partial charge in [-0.05, 0) is 33.7 Å². The number of ether oxygens (including phenoxy) is 6. The van der Waals surface area contributed by atoms with Gasteiger partial charge in [-0.15, -0.1) is 0 Å². The second kappa shape index (κ2) is 12.5. The number of benzene rings is 6. The molecule has 1 aliphatic rings. The minimum atomic E-state index is -4.88. The molecular formula is C38H33O10P. The monoisotopic (exact) mass is 680 g/mol. The molecule has 0 radical (unpaired) electrons. The van der Waals surface area contributed by atoms with Gasteiger partial charge < -0.3 is 37.5 Å². The summed E-state index contributed by atoms with van der Waals surface area (Å²) in [7, 11) is 4.33. The minimum absolute atomic E-state index is 0.112. The Morgan fingerprint density at radius 3 is 1.16 bits per heavy atom. The van der Waals surface area contributed by atoms with Gasteiger partial charge in [-0.1, -0.05) is 48.5 Å². The fourth-order valence-corrected chi connectivity index (χ4v) is 7.38. The third-order valence-electron chi connectivity index (χ3n) is 8.64. The Bertz CT molecular complexity index is 2110. The van der Waals surface area contributed by atoms with Crippen LogP contribution in [-0.4, -0.2) is 47.6 Å². The van der Waals surface area contributed by atoms with Crippen molar-refractivity contribution in [1.82, 2.24) is 0 Å². The van der Waals surface area contributed by atoms with Crippen molar-refractivity contribution in [2.24, 2.45) is 0 Å². The zero-order valence-electron chi connectivity index (χ0n) is 27.7. The molecule has 49 heavy (non-hydrogen) atoms. The van der Waals surface area contributed by atoms with Crippen LogP contribution in [0, 0.1) is 0 Å². The zero-order valence-corrected chi connectivity index (χ0v) is 28.5. The molecule has 0 aliphatic carbocycles. The Labute approximate surface area is 282 Å². The van der Waals surface area contributed by atoms with E-state index in [1.54, 1.807) is 38.5 Å². The van der Waals surface area contributed by atoms with Crippen molar-refractivity contribution in [3.63, 3.8) is 0 Å². The van der Waals surface area contributed by atoms with E-state index in [0.29, 0.717) is 67.9 Å². The Balaban J connectivity index is 1.71. The van der Waals surface area contributed by atoms with Crippen LogP contribution in [0.4, 0.5) is 0 Å². The van der Waals surface area contributed by atoms with Crippen molar-refractivity contribution >= 4 is 29.4 Å². The quantitative estimate of drug-likeness (QED) is 0.157. The predicted molar refractivity (Wildman–Crippen MR) is 188 cm³/mol. The van der Waals surface area contributed by atoms with Gasteiger partial charge in [0.25, 0.3) is 0 Å². The number of fused-ring (bicyclic) bond motifs is 7. The summed E-state index contributed by atoms with van der Waals surface area (Å²) in [6.45, 7) is 0. The highest BCUT2D eigenvalue weighted by atomic mass is 31.2. The Morgan fingerprint density at radius 1 is 0.490 bits per heavy atom. The lowest BCUT2D eigenvalue weighted by Crippen LogP contribution is -2.02. The summed E-state index contributed by atoms with van der Waals surface area (Å²) in [6, 6.07) is 26.1. The molecule has 0 saturated heterocycles. The van der Waals surface area contributed by atoms with E-state index in [-0.39, 0.29) is 11.5 Å². The van der Waals surface area contributed by atoms with Crippen LogP contribution in [0.15, 0.2) is 84.9 Å². The van der Waals surface area contributed by atoms with Crippen LogP contribution >= 0.6 is 7.82 Å². The summed E-state index contributed by atoms with van der Waals surface area (Å²) in [6.07, 6.45) is 0. The predicted octanol–water partition coefficient (Wildman–Crippen LogP) is 8.92. The number of hydrogen-bond acceptors (Lipinski definition) is 9. The van der Waals surface area contributed by atoms with Gasteiger partial charge in [0.05, 0.1) is 53.8 Å². The van der Waals surface area contributed by atoms with Crippen molar-refractivity contribution in [3.8, 4) is 79.4 Å². The molecule has 10 nitrogen and oxygen atoms in total. The molecule has 1 aliphatic heterocycles. The highest BCUT2D eigenvalue weighted by molar-refractivity contribution is 7.48. The average Bonchev–Trinajstić information content (AvgIpc) is 3.26. The fourth-order valence-electron chi connectivity index (χ4n) is 6.51. The summed E-state index contributed by atoms with van der Waals surface area (Å²) < 4.78 is 60.8. The lowest BCUT2D eigenvalue weighted by Gasteiger charge is -2.21. The van der Waals surface area contributed by atoms with Crippen LogP contribution in [0.5, 0.6) is 46.0 Å². The first kappa shape index (κ1) is 32.0. The van der Waals surface area contributed by atoms with Crippen LogP contribution in [-0.2, 0) is 4.57 Å². The first-order chi connectivity index (χ1) is 23.7. The van der Waals surface area contributed by atoms with Crippen LogP contribution in [0.2, 0.25) is 0 Å². The number of methoxy groups -OCH3 is 6. The Morgan fingerprint density at radius 2 is 0.837 bits per heavy atom. The average molecular weight is 681 g/mol. The van der Waals surface area contributed by atoms with E-state index in [9.17, 15) is 9.46 Å². The second-order valence-corrected chi connectivity index (χ2v) is 12.5. The number of phosphoric ester groups is 1. The van der Waals surface area contributed by atoms with E-state index in [4.69, 9.17) is 37.5 Å². The van der Waals surface area contributed by atoms with E-state index >= 15 is 0 Å². The van der Waals surface area contributed by atoms with E-state index in [1.165, 1.54) is 28.4 Å². The molecule has 7 rings (SSSR count). The van der Waals surface area contributed by atoms with E-state index in [1.807, 2.05) is 60.7 Å². The van der Waals surface area contributed by atoms with Gasteiger partial charge >= 0.3 is 7.82 Å². The molecule has 0 bridgehead atoms. The van der Waals surface area contributed by atoms with Crippen LogP contribution in [0.25, 0.3) is 54.9 Å². The standard InChI is InChI=1S/C38H33O10P/c1-41-23-17-29(43-3)33(30(18-23)44-4)27-15-21-11-7-9-13-25(21)35-36-26-14-10-8-12-22(26)16-28(38(36)48-49(39,40)47-37(27)35)34-31(45-5)19-24(42-2)20-32(34)46-6/h7-20H,1-6H3,(H,39,40). The molecule has 0 spiro atoms. The molecule has 6 aromatic rings. The van der Waals surface area contributed by atoms with Crippen LogP contribution < -0.4 is 37.5 Å². The van der Waals surface area contributed by atoms with Crippen molar-refractivity contribution in [2.45, 2.75) is 0 Å². The SMILES string of the molecule is COc1cc(OC)c(-c2cc3ccccc3c3c2OP(=O)(O)Oc2c(-c4c(OC)cc(OC)cc4OC)cc4ccccc4c2-3)c(OC)c1.